The number of hydrogen-bond donors (Lipinski definition) is 1. The van der Waals surface area contributed by atoms with Gasteiger partial charge in [0.2, 0.25) is 5.91 Å². The highest BCUT2D eigenvalue weighted by atomic mass is 16.5. The summed E-state index contributed by atoms with van der Waals surface area (Å²) >= 11 is 0. The lowest BCUT2D eigenvalue weighted by Gasteiger charge is -2.21. The molecule has 2 aromatic rings. The summed E-state index contributed by atoms with van der Waals surface area (Å²) < 4.78 is 5.14. The van der Waals surface area contributed by atoms with Gasteiger partial charge in [-0.1, -0.05) is 12.1 Å². The number of methoxy groups -OCH3 is 1. The number of amides is 1. The van der Waals surface area contributed by atoms with E-state index in [-0.39, 0.29) is 12.3 Å². The number of likely N-dealkylation sites (N-methyl/N-ethyl adjacent to an activating group) is 1. The van der Waals surface area contributed by atoms with Crippen LogP contribution in [0.2, 0.25) is 0 Å². The Hall–Kier alpha value is -2.56. The van der Waals surface area contributed by atoms with Gasteiger partial charge in [-0.25, -0.2) is 0 Å². The molecule has 0 fully saturated rings. The van der Waals surface area contributed by atoms with Gasteiger partial charge in [-0.05, 0) is 36.8 Å². The van der Waals surface area contributed by atoms with Gasteiger partial charge in [-0.15, -0.1) is 0 Å². The second-order valence-electron chi connectivity index (χ2n) is 5.02. The number of aromatic nitrogens is 1. The van der Waals surface area contributed by atoms with Crippen molar-refractivity contribution in [3.63, 3.8) is 0 Å². The SMILES string of the molecule is CCN(Cc1ccc(OC)cc1)C(=O)Cc1ccc(N)cn1. The van der Waals surface area contributed by atoms with E-state index in [4.69, 9.17) is 10.5 Å². The molecule has 2 rings (SSSR count). The zero-order valence-electron chi connectivity index (χ0n) is 13.0. The van der Waals surface area contributed by atoms with Crippen LogP contribution in [0.15, 0.2) is 42.6 Å². The number of ether oxygens (including phenoxy) is 1. The molecule has 1 heterocycles. The minimum absolute atomic E-state index is 0.0515. The van der Waals surface area contributed by atoms with E-state index >= 15 is 0 Å². The molecule has 0 aliphatic heterocycles. The van der Waals surface area contributed by atoms with Crippen molar-refractivity contribution in [3.8, 4) is 5.75 Å². The predicted octanol–water partition coefficient (Wildman–Crippen LogP) is 2.26. The van der Waals surface area contributed by atoms with Crippen molar-refractivity contribution in [3.05, 3.63) is 53.9 Å². The van der Waals surface area contributed by atoms with Crippen LogP contribution in [0.4, 0.5) is 5.69 Å². The van der Waals surface area contributed by atoms with Crippen molar-refractivity contribution in [2.75, 3.05) is 19.4 Å². The molecule has 1 aromatic carbocycles. The highest BCUT2D eigenvalue weighted by molar-refractivity contribution is 5.78. The molecule has 0 saturated carbocycles. The zero-order chi connectivity index (χ0) is 15.9. The van der Waals surface area contributed by atoms with E-state index in [1.807, 2.05) is 31.2 Å². The van der Waals surface area contributed by atoms with Crippen LogP contribution >= 0.6 is 0 Å². The molecule has 1 amide bonds. The van der Waals surface area contributed by atoms with Gasteiger partial charge in [-0.3, -0.25) is 9.78 Å². The molecule has 116 valence electrons. The van der Waals surface area contributed by atoms with E-state index in [0.29, 0.717) is 18.8 Å². The number of rotatable bonds is 6. The number of nitrogens with two attached hydrogens (primary N) is 1. The third-order valence-corrected chi connectivity index (χ3v) is 3.45. The predicted molar refractivity (Wildman–Crippen MR) is 86.4 cm³/mol. The number of anilines is 1. The van der Waals surface area contributed by atoms with Gasteiger partial charge in [0.05, 0.1) is 25.4 Å². The maximum Gasteiger partial charge on any atom is 0.228 e. The first-order valence-electron chi connectivity index (χ1n) is 7.23. The van der Waals surface area contributed by atoms with Gasteiger partial charge in [0, 0.05) is 18.8 Å². The third-order valence-electron chi connectivity index (χ3n) is 3.45. The van der Waals surface area contributed by atoms with Crippen molar-refractivity contribution in [2.24, 2.45) is 0 Å². The van der Waals surface area contributed by atoms with Gasteiger partial charge in [0.25, 0.3) is 0 Å². The molecule has 5 nitrogen and oxygen atoms in total. The monoisotopic (exact) mass is 299 g/mol. The molecule has 2 N–H and O–H groups in total. The maximum atomic E-state index is 12.4. The molecule has 0 saturated heterocycles. The molecule has 0 aliphatic rings. The Kier molecular flexibility index (Phi) is 5.36. The zero-order valence-corrected chi connectivity index (χ0v) is 13.0. The largest absolute Gasteiger partial charge is 0.497 e. The van der Waals surface area contributed by atoms with Crippen LogP contribution in [0.25, 0.3) is 0 Å². The summed E-state index contributed by atoms with van der Waals surface area (Å²) in [6, 6.07) is 11.3. The average Bonchev–Trinajstić information content (AvgIpc) is 2.55. The lowest BCUT2D eigenvalue weighted by molar-refractivity contribution is -0.130. The number of carbonyl (C=O) groups excluding carboxylic acids is 1. The quantitative estimate of drug-likeness (QED) is 0.888. The number of carbonyl (C=O) groups is 1. The molecule has 0 aliphatic carbocycles. The van der Waals surface area contributed by atoms with Gasteiger partial charge in [0.1, 0.15) is 5.75 Å². The van der Waals surface area contributed by atoms with Crippen molar-refractivity contribution in [1.82, 2.24) is 9.88 Å². The number of hydrogen-bond acceptors (Lipinski definition) is 4. The second-order valence-corrected chi connectivity index (χ2v) is 5.02. The van der Waals surface area contributed by atoms with E-state index in [1.165, 1.54) is 0 Å². The van der Waals surface area contributed by atoms with E-state index in [9.17, 15) is 4.79 Å². The number of nitrogens with zero attached hydrogens (tertiary/aromatic N) is 2. The molecule has 5 heteroatoms. The van der Waals surface area contributed by atoms with E-state index < -0.39 is 0 Å². The van der Waals surface area contributed by atoms with Crippen molar-refractivity contribution in [1.29, 1.82) is 0 Å². The molecular formula is C17H21N3O2. The first kappa shape index (κ1) is 15.8. The summed E-state index contributed by atoms with van der Waals surface area (Å²) in [5.41, 5.74) is 8.00. The Bertz CT molecular complexity index is 609. The van der Waals surface area contributed by atoms with Crippen LogP contribution in [-0.4, -0.2) is 29.4 Å². The van der Waals surface area contributed by atoms with Crippen LogP contribution in [0.5, 0.6) is 5.75 Å². The summed E-state index contributed by atoms with van der Waals surface area (Å²) in [5, 5.41) is 0. The van der Waals surface area contributed by atoms with Gasteiger partial charge in [-0.2, -0.15) is 0 Å². The Balaban J connectivity index is 2.00. The summed E-state index contributed by atoms with van der Waals surface area (Å²) in [6.45, 7) is 3.20. The standard InChI is InChI=1S/C17H21N3O2/c1-3-20(12-13-4-8-16(22-2)9-5-13)17(21)10-15-7-6-14(18)11-19-15/h4-9,11H,3,10,12,18H2,1-2H3. The molecule has 22 heavy (non-hydrogen) atoms. The fraction of sp³-hybridized carbons (Fsp3) is 0.294. The van der Waals surface area contributed by atoms with E-state index in [1.54, 1.807) is 30.3 Å². The molecule has 0 bridgehead atoms. The van der Waals surface area contributed by atoms with Crippen LogP contribution in [0, 0.1) is 0 Å². The van der Waals surface area contributed by atoms with Gasteiger partial charge >= 0.3 is 0 Å². The Labute approximate surface area is 130 Å². The average molecular weight is 299 g/mol. The topological polar surface area (TPSA) is 68.5 Å². The fourth-order valence-corrected chi connectivity index (χ4v) is 2.13. The third kappa shape index (κ3) is 4.22. The van der Waals surface area contributed by atoms with Crippen LogP contribution in [-0.2, 0) is 17.8 Å². The van der Waals surface area contributed by atoms with Gasteiger partial charge in [0.15, 0.2) is 0 Å². The van der Waals surface area contributed by atoms with Crippen LogP contribution in [0.1, 0.15) is 18.2 Å². The smallest absolute Gasteiger partial charge is 0.228 e. The molecule has 1 aromatic heterocycles. The van der Waals surface area contributed by atoms with Crippen LogP contribution in [0.3, 0.4) is 0 Å². The Morgan fingerprint density at radius 2 is 1.95 bits per heavy atom. The second kappa shape index (κ2) is 7.45. The van der Waals surface area contributed by atoms with E-state index in [2.05, 4.69) is 4.98 Å². The fourth-order valence-electron chi connectivity index (χ4n) is 2.13. The van der Waals surface area contributed by atoms with Crippen molar-refractivity contribution < 1.29 is 9.53 Å². The van der Waals surface area contributed by atoms with Crippen molar-refractivity contribution >= 4 is 11.6 Å². The van der Waals surface area contributed by atoms with Crippen LogP contribution < -0.4 is 10.5 Å². The first-order chi connectivity index (χ1) is 10.6. The minimum Gasteiger partial charge on any atom is -0.497 e. The molecule has 0 unspecified atom stereocenters. The number of pyridine rings is 1. The van der Waals surface area contributed by atoms with Crippen molar-refractivity contribution in [2.45, 2.75) is 19.9 Å². The summed E-state index contributed by atoms with van der Waals surface area (Å²) in [6.07, 6.45) is 1.85. The first-order valence-corrected chi connectivity index (χ1v) is 7.23. The number of nitrogen functional groups attached to an aromatic ring is 1. The van der Waals surface area contributed by atoms with Gasteiger partial charge < -0.3 is 15.4 Å². The summed E-state index contributed by atoms with van der Waals surface area (Å²) in [5.74, 6) is 0.861. The molecular weight excluding hydrogens is 278 g/mol. The molecule has 0 radical (unpaired) electrons. The number of benzene rings is 1. The van der Waals surface area contributed by atoms with E-state index in [0.717, 1.165) is 17.0 Å². The lowest BCUT2D eigenvalue weighted by atomic mass is 10.2. The summed E-state index contributed by atoms with van der Waals surface area (Å²) in [7, 11) is 1.64. The highest BCUT2D eigenvalue weighted by Gasteiger charge is 2.13. The highest BCUT2D eigenvalue weighted by Crippen LogP contribution is 2.13. The summed E-state index contributed by atoms with van der Waals surface area (Å²) in [4.78, 5) is 18.4. The maximum absolute atomic E-state index is 12.4. The molecule has 0 spiro atoms. The normalized spacial score (nSPS) is 10.3. The Morgan fingerprint density at radius 1 is 1.23 bits per heavy atom. The minimum atomic E-state index is 0.0515. The molecule has 0 atom stereocenters. The lowest BCUT2D eigenvalue weighted by Crippen LogP contribution is -2.31. The Morgan fingerprint density at radius 3 is 2.50 bits per heavy atom.